The molecule has 0 spiro atoms. The van der Waals surface area contributed by atoms with E-state index in [1.54, 1.807) is 18.4 Å². The fourth-order valence-electron chi connectivity index (χ4n) is 1.41. The van der Waals surface area contributed by atoms with Crippen LogP contribution in [0.4, 0.5) is 5.13 Å². The molecule has 0 saturated carbocycles. The summed E-state index contributed by atoms with van der Waals surface area (Å²) in [5.41, 5.74) is 1.04. The quantitative estimate of drug-likeness (QED) is 0.792. The Morgan fingerprint density at radius 1 is 1.50 bits per heavy atom. The molecule has 0 unspecified atom stereocenters. The Hall–Kier alpha value is -0.650. The SMILES string of the molecule is CCCc1nc(N(C)CCOC)sc1CO. The van der Waals surface area contributed by atoms with Gasteiger partial charge in [-0.05, 0) is 6.42 Å². The van der Waals surface area contributed by atoms with Gasteiger partial charge in [-0.3, -0.25) is 0 Å². The largest absolute Gasteiger partial charge is 0.391 e. The molecule has 0 aromatic carbocycles. The normalized spacial score (nSPS) is 10.8. The highest BCUT2D eigenvalue weighted by Gasteiger charge is 2.12. The summed E-state index contributed by atoms with van der Waals surface area (Å²) in [6.45, 7) is 3.72. The van der Waals surface area contributed by atoms with E-state index in [2.05, 4.69) is 16.8 Å². The molecule has 16 heavy (non-hydrogen) atoms. The van der Waals surface area contributed by atoms with Crippen LogP contribution in [-0.4, -0.2) is 37.4 Å². The van der Waals surface area contributed by atoms with E-state index in [-0.39, 0.29) is 6.61 Å². The van der Waals surface area contributed by atoms with Crippen LogP contribution in [-0.2, 0) is 17.8 Å². The van der Waals surface area contributed by atoms with Crippen molar-refractivity contribution in [2.24, 2.45) is 0 Å². The fraction of sp³-hybridized carbons (Fsp3) is 0.727. The predicted octanol–water partition coefficient (Wildman–Crippen LogP) is 1.67. The molecule has 92 valence electrons. The van der Waals surface area contributed by atoms with Gasteiger partial charge in [-0.15, -0.1) is 0 Å². The molecule has 1 aromatic heterocycles. The van der Waals surface area contributed by atoms with Gasteiger partial charge in [0.25, 0.3) is 0 Å². The number of likely N-dealkylation sites (N-methyl/N-ethyl adjacent to an activating group) is 1. The fourth-order valence-corrected chi connectivity index (χ4v) is 2.37. The van der Waals surface area contributed by atoms with Crippen LogP contribution in [0, 0.1) is 0 Å². The van der Waals surface area contributed by atoms with Crippen LogP contribution in [0.25, 0.3) is 0 Å². The van der Waals surface area contributed by atoms with Gasteiger partial charge < -0.3 is 14.7 Å². The van der Waals surface area contributed by atoms with E-state index in [9.17, 15) is 5.11 Å². The van der Waals surface area contributed by atoms with Crippen LogP contribution in [0.15, 0.2) is 0 Å². The number of methoxy groups -OCH3 is 1. The molecule has 0 amide bonds. The highest BCUT2D eigenvalue weighted by molar-refractivity contribution is 7.15. The third kappa shape index (κ3) is 3.43. The first-order valence-corrected chi connectivity index (χ1v) is 6.34. The summed E-state index contributed by atoms with van der Waals surface area (Å²) in [6.07, 6.45) is 1.99. The third-order valence-electron chi connectivity index (χ3n) is 2.35. The molecule has 0 saturated heterocycles. The summed E-state index contributed by atoms with van der Waals surface area (Å²) in [7, 11) is 3.69. The minimum atomic E-state index is 0.0884. The van der Waals surface area contributed by atoms with Crippen molar-refractivity contribution in [2.75, 3.05) is 32.2 Å². The zero-order valence-corrected chi connectivity index (χ0v) is 11.0. The maximum absolute atomic E-state index is 9.24. The molecule has 0 fully saturated rings. The summed E-state index contributed by atoms with van der Waals surface area (Å²) in [6, 6.07) is 0. The smallest absolute Gasteiger partial charge is 0.185 e. The third-order valence-corrected chi connectivity index (χ3v) is 3.55. The number of hydrogen-bond donors (Lipinski definition) is 1. The minimum Gasteiger partial charge on any atom is -0.391 e. The molecule has 0 bridgehead atoms. The lowest BCUT2D eigenvalue weighted by molar-refractivity contribution is 0.206. The molecular weight excluding hydrogens is 224 g/mol. The zero-order chi connectivity index (χ0) is 12.0. The van der Waals surface area contributed by atoms with Crippen LogP contribution >= 0.6 is 11.3 Å². The van der Waals surface area contributed by atoms with Gasteiger partial charge in [0.05, 0.1) is 23.8 Å². The van der Waals surface area contributed by atoms with Gasteiger partial charge in [0, 0.05) is 20.7 Å². The van der Waals surface area contributed by atoms with E-state index in [0.29, 0.717) is 6.61 Å². The van der Waals surface area contributed by atoms with Crippen molar-refractivity contribution in [2.45, 2.75) is 26.4 Å². The average molecular weight is 244 g/mol. The maximum Gasteiger partial charge on any atom is 0.185 e. The first kappa shape index (κ1) is 13.4. The van der Waals surface area contributed by atoms with Crippen LogP contribution in [0.1, 0.15) is 23.9 Å². The topological polar surface area (TPSA) is 45.6 Å². The van der Waals surface area contributed by atoms with E-state index >= 15 is 0 Å². The Labute approximate surface area is 101 Å². The zero-order valence-electron chi connectivity index (χ0n) is 10.2. The van der Waals surface area contributed by atoms with Crippen molar-refractivity contribution >= 4 is 16.5 Å². The summed E-state index contributed by atoms with van der Waals surface area (Å²) in [5, 5.41) is 10.2. The van der Waals surface area contributed by atoms with Gasteiger partial charge in [-0.1, -0.05) is 24.7 Å². The number of anilines is 1. The van der Waals surface area contributed by atoms with Crippen LogP contribution in [0.3, 0.4) is 0 Å². The molecule has 0 aliphatic carbocycles. The van der Waals surface area contributed by atoms with Gasteiger partial charge >= 0.3 is 0 Å². The highest BCUT2D eigenvalue weighted by atomic mass is 32.1. The van der Waals surface area contributed by atoms with Gasteiger partial charge in [0.1, 0.15) is 0 Å². The lowest BCUT2D eigenvalue weighted by atomic mass is 10.2. The second-order valence-corrected chi connectivity index (χ2v) is 4.75. The Morgan fingerprint density at radius 3 is 2.81 bits per heavy atom. The first-order valence-electron chi connectivity index (χ1n) is 5.52. The molecule has 5 heteroatoms. The molecular formula is C11H20N2O2S. The molecule has 1 rings (SSSR count). The number of nitrogens with zero attached hydrogens (tertiary/aromatic N) is 2. The number of hydrogen-bond acceptors (Lipinski definition) is 5. The highest BCUT2D eigenvalue weighted by Crippen LogP contribution is 2.26. The van der Waals surface area contributed by atoms with Crippen molar-refractivity contribution in [1.29, 1.82) is 0 Å². The number of rotatable bonds is 7. The molecule has 1 aromatic rings. The standard InChI is InChI=1S/C11H20N2O2S/c1-4-5-9-10(8-14)16-11(12-9)13(2)6-7-15-3/h14H,4-8H2,1-3H3. The summed E-state index contributed by atoms with van der Waals surface area (Å²) in [4.78, 5) is 7.60. The number of aryl methyl sites for hydroxylation is 1. The number of aliphatic hydroxyl groups excluding tert-OH is 1. The van der Waals surface area contributed by atoms with Crippen molar-refractivity contribution in [3.8, 4) is 0 Å². The lowest BCUT2D eigenvalue weighted by Gasteiger charge is -2.14. The molecule has 0 aliphatic rings. The molecule has 0 aliphatic heterocycles. The van der Waals surface area contributed by atoms with E-state index in [1.807, 2.05) is 7.05 Å². The lowest BCUT2D eigenvalue weighted by Crippen LogP contribution is -2.21. The van der Waals surface area contributed by atoms with Crippen LogP contribution in [0.5, 0.6) is 0 Å². The number of thiazole rings is 1. The molecule has 0 radical (unpaired) electrons. The molecule has 4 nitrogen and oxygen atoms in total. The molecule has 1 N–H and O–H groups in total. The van der Waals surface area contributed by atoms with E-state index in [0.717, 1.165) is 35.1 Å². The predicted molar refractivity (Wildman–Crippen MR) is 67.2 cm³/mol. The first-order chi connectivity index (χ1) is 7.72. The molecule has 0 atom stereocenters. The second-order valence-electron chi connectivity index (χ2n) is 3.69. The van der Waals surface area contributed by atoms with E-state index in [4.69, 9.17) is 4.74 Å². The van der Waals surface area contributed by atoms with Crippen molar-refractivity contribution in [1.82, 2.24) is 4.98 Å². The van der Waals surface area contributed by atoms with Crippen molar-refractivity contribution in [3.05, 3.63) is 10.6 Å². The van der Waals surface area contributed by atoms with Gasteiger partial charge in [0.2, 0.25) is 0 Å². The van der Waals surface area contributed by atoms with E-state index in [1.165, 1.54) is 0 Å². The Morgan fingerprint density at radius 2 is 2.25 bits per heavy atom. The second kappa shape index (κ2) is 6.83. The number of aliphatic hydroxyl groups is 1. The van der Waals surface area contributed by atoms with E-state index < -0.39 is 0 Å². The Balaban J connectivity index is 2.72. The Kier molecular flexibility index (Phi) is 5.73. The van der Waals surface area contributed by atoms with Crippen molar-refractivity contribution < 1.29 is 9.84 Å². The number of aromatic nitrogens is 1. The van der Waals surface area contributed by atoms with Crippen LogP contribution < -0.4 is 4.90 Å². The minimum absolute atomic E-state index is 0.0884. The monoisotopic (exact) mass is 244 g/mol. The Bertz CT molecular complexity index is 315. The van der Waals surface area contributed by atoms with Crippen LogP contribution in [0.2, 0.25) is 0 Å². The maximum atomic E-state index is 9.24. The van der Waals surface area contributed by atoms with Gasteiger partial charge in [-0.2, -0.15) is 0 Å². The van der Waals surface area contributed by atoms with Gasteiger partial charge in [-0.25, -0.2) is 4.98 Å². The average Bonchev–Trinajstić information content (AvgIpc) is 2.69. The number of ether oxygens (including phenoxy) is 1. The summed E-state index contributed by atoms with van der Waals surface area (Å²) >= 11 is 1.57. The summed E-state index contributed by atoms with van der Waals surface area (Å²) < 4.78 is 5.03. The van der Waals surface area contributed by atoms with Gasteiger partial charge in [0.15, 0.2) is 5.13 Å². The molecule has 1 heterocycles. The van der Waals surface area contributed by atoms with Crippen molar-refractivity contribution in [3.63, 3.8) is 0 Å². The summed E-state index contributed by atoms with van der Waals surface area (Å²) in [5.74, 6) is 0.